The summed E-state index contributed by atoms with van der Waals surface area (Å²) < 4.78 is 1.96. The lowest BCUT2D eigenvalue weighted by atomic mass is 10.1. The summed E-state index contributed by atoms with van der Waals surface area (Å²) in [7, 11) is 0. The number of nitrogens with zero attached hydrogens (tertiary/aromatic N) is 4. The summed E-state index contributed by atoms with van der Waals surface area (Å²) >= 11 is 0. The average molecular weight is 268 g/mol. The molecule has 1 aromatic carbocycles. The molecular weight excluding hydrogens is 252 g/mol. The minimum absolute atomic E-state index is 0.471. The number of hydrogen-bond donors (Lipinski definition) is 1. The normalized spacial score (nSPS) is 12.7. The van der Waals surface area contributed by atoms with Crippen LogP contribution in [0.25, 0.3) is 10.9 Å². The first-order chi connectivity index (χ1) is 9.79. The van der Waals surface area contributed by atoms with Crippen LogP contribution in [-0.4, -0.2) is 25.1 Å². The molecule has 3 aromatic rings. The van der Waals surface area contributed by atoms with E-state index in [4.69, 9.17) is 0 Å². The number of aliphatic hydroxyl groups is 1. The second kappa shape index (κ2) is 5.38. The van der Waals surface area contributed by atoms with Crippen molar-refractivity contribution in [3.63, 3.8) is 0 Å². The molecule has 1 N–H and O–H groups in total. The Kier molecular flexibility index (Phi) is 3.43. The van der Waals surface area contributed by atoms with Gasteiger partial charge < -0.3 is 5.11 Å². The summed E-state index contributed by atoms with van der Waals surface area (Å²) in [5, 5.41) is 23.5. The first-order valence-corrected chi connectivity index (χ1v) is 6.68. The standard InChI is InChI=1S/C15H16N4O/c1-2-19-14-6-4-3-5-12(14)13(18-19)9-15(20)11-7-8-16-17-10-11/h3-8,10,15,20H,2,9H2,1H3. The Bertz CT molecular complexity index is 708. The van der Waals surface area contributed by atoms with Crippen LogP contribution >= 0.6 is 0 Å². The third-order valence-electron chi connectivity index (χ3n) is 3.41. The van der Waals surface area contributed by atoms with Gasteiger partial charge in [-0.25, -0.2) is 0 Å². The molecule has 0 aliphatic rings. The van der Waals surface area contributed by atoms with Crippen molar-refractivity contribution in [2.45, 2.75) is 26.0 Å². The molecule has 5 heteroatoms. The fourth-order valence-corrected chi connectivity index (χ4v) is 2.39. The molecule has 0 radical (unpaired) electrons. The lowest BCUT2D eigenvalue weighted by Crippen LogP contribution is -2.04. The molecule has 0 aliphatic carbocycles. The van der Waals surface area contributed by atoms with E-state index in [0.29, 0.717) is 6.42 Å². The highest BCUT2D eigenvalue weighted by Crippen LogP contribution is 2.23. The zero-order chi connectivity index (χ0) is 13.9. The van der Waals surface area contributed by atoms with Gasteiger partial charge in [-0.3, -0.25) is 4.68 Å². The zero-order valence-corrected chi connectivity index (χ0v) is 11.3. The van der Waals surface area contributed by atoms with Gasteiger partial charge in [-0.2, -0.15) is 15.3 Å². The smallest absolute Gasteiger partial charge is 0.0862 e. The molecule has 0 fully saturated rings. The van der Waals surface area contributed by atoms with E-state index in [0.717, 1.165) is 28.7 Å². The summed E-state index contributed by atoms with van der Waals surface area (Å²) in [4.78, 5) is 0. The molecule has 1 atom stereocenters. The number of aryl methyl sites for hydroxylation is 1. The molecule has 0 spiro atoms. The number of para-hydroxylation sites is 1. The second-order valence-corrected chi connectivity index (χ2v) is 4.68. The van der Waals surface area contributed by atoms with Gasteiger partial charge in [0.15, 0.2) is 0 Å². The lowest BCUT2D eigenvalue weighted by Gasteiger charge is -2.08. The third kappa shape index (κ3) is 2.28. The number of aromatic nitrogens is 4. The van der Waals surface area contributed by atoms with Crippen LogP contribution in [0.2, 0.25) is 0 Å². The molecular formula is C15H16N4O. The van der Waals surface area contributed by atoms with Crippen molar-refractivity contribution < 1.29 is 5.11 Å². The maximum atomic E-state index is 10.3. The maximum absolute atomic E-state index is 10.3. The molecule has 1 unspecified atom stereocenters. The van der Waals surface area contributed by atoms with Gasteiger partial charge in [0, 0.05) is 30.1 Å². The predicted octanol–water partition coefficient (Wildman–Crippen LogP) is 2.12. The highest BCUT2D eigenvalue weighted by atomic mass is 16.3. The van der Waals surface area contributed by atoms with Crippen molar-refractivity contribution >= 4 is 10.9 Å². The molecule has 2 heterocycles. The topological polar surface area (TPSA) is 63.8 Å². The van der Waals surface area contributed by atoms with E-state index in [-0.39, 0.29) is 0 Å². The van der Waals surface area contributed by atoms with Gasteiger partial charge >= 0.3 is 0 Å². The fraction of sp³-hybridized carbons (Fsp3) is 0.267. The van der Waals surface area contributed by atoms with Gasteiger partial charge in [0.05, 0.1) is 23.5 Å². The SMILES string of the molecule is CCn1nc(CC(O)c2ccnnc2)c2ccccc21. The Balaban J connectivity index is 1.95. The van der Waals surface area contributed by atoms with Crippen LogP contribution in [0.5, 0.6) is 0 Å². The van der Waals surface area contributed by atoms with Gasteiger partial charge in [0.2, 0.25) is 0 Å². The van der Waals surface area contributed by atoms with Crippen molar-refractivity contribution in [2.75, 3.05) is 0 Å². The van der Waals surface area contributed by atoms with E-state index < -0.39 is 6.10 Å². The van der Waals surface area contributed by atoms with Crippen molar-refractivity contribution in [3.8, 4) is 0 Å². The van der Waals surface area contributed by atoms with Gasteiger partial charge in [0.25, 0.3) is 0 Å². The molecule has 5 nitrogen and oxygen atoms in total. The number of rotatable bonds is 4. The van der Waals surface area contributed by atoms with Crippen LogP contribution in [0.3, 0.4) is 0 Å². The second-order valence-electron chi connectivity index (χ2n) is 4.68. The number of hydrogen-bond acceptors (Lipinski definition) is 4. The lowest BCUT2D eigenvalue weighted by molar-refractivity contribution is 0.176. The summed E-state index contributed by atoms with van der Waals surface area (Å²) in [6.07, 6.45) is 3.03. The highest BCUT2D eigenvalue weighted by Gasteiger charge is 2.15. The average Bonchev–Trinajstić information content (AvgIpc) is 2.86. The van der Waals surface area contributed by atoms with E-state index in [1.807, 2.05) is 22.9 Å². The van der Waals surface area contributed by atoms with E-state index in [2.05, 4.69) is 28.3 Å². The van der Waals surface area contributed by atoms with Gasteiger partial charge in [-0.1, -0.05) is 18.2 Å². The maximum Gasteiger partial charge on any atom is 0.0862 e. The molecule has 0 saturated heterocycles. The molecule has 0 amide bonds. The Labute approximate surface area is 116 Å². The van der Waals surface area contributed by atoms with E-state index >= 15 is 0 Å². The molecule has 0 saturated carbocycles. The van der Waals surface area contributed by atoms with Crippen LogP contribution in [-0.2, 0) is 13.0 Å². The molecule has 20 heavy (non-hydrogen) atoms. The summed E-state index contributed by atoms with van der Waals surface area (Å²) in [6, 6.07) is 9.87. The van der Waals surface area contributed by atoms with Crippen molar-refractivity contribution in [3.05, 3.63) is 54.0 Å². The predicted molar refractivity (Wildman–Crippen MR) is 76.1 cm³/mol. The first-order valence-electron chi connectivity index (χ1n) is 6.68. The Morgan fingerprint density at radius 3 is 2.80 bits per heavy atom. The van der Waals surface area contributed by atoms with E-state index in [1.165, 1.54) is 0 Å². The van der Waals surface area contributed by atoms with Crippen LogP contribution in [0.4, 0.5) is 0 Å². The van der Waals surface area contributed by atoms with Gasteiger partial charge in [-0.15, -0.1) is 0 Å². The molecule has 3 rings (SSSR count). The molecule has 0 bridgehead atoms. The minimum atomic E-state index is -0.617. The summed E-state index contributed by atoms with van der Waals surface area (Å²) in [6.45, 7) is 2.87. The fourth-order valence-electron chi connectivity index (χ4n) is 2.39. The van der Waals surface area contributed by atoms with Gasteiger partial charge in [0.1, 0.15) is 0 Å². The molecule has 102 valence electrons. The number of aliphatic hydroxyl groups excluding tert-OH is 1. The molecule has 0 aliphatic heterocycles. The highest BCUT2D eigenvalue weighted by molar-refractivity contribution is 5.82. The first kappa shape index (κ1) is 12.7. The third-order valence-corrected chi connectivity index (χ3v) is 3.41. The van der Waals surface area contributed by atoms with E-state index in [9.17, 15) is 5.11 Å². The quantitative estimate of drug-likeness (QED) is 0.787. The van der Waals surface area contributed by atoms with Crippen molar-refractivity contribution in [1.29, 1.82) is 0 Å². The van der Waals surface area contributed by atoms with Crippen LogP contribution in [0.15, 0.2) is 42.7 Å². The number of benzene rings is 1. The van der Waals surface area contributed by atoms with Crippen molar-refractivity contribution in [1.82, 2.24) is 20.0 Å². The summed E-state index contributed by atoms with van der Waals surface area (Å²) in [5.41, 5.74) is 2.77. The molecule has 2 aromatic heterocycles. The monoisotopic (exact) mass is 268 g/mol. The Morgan fingerprint density at radius 1 is 1.20 bits per heavy atom. The Morgan fingerprint density at radius 2 is 2.05 bits per heavy atom. The van der Waals surface area contributed by atoms with Crippen LogP contribution in [0, 0.1) is 0 Å². The van der Waals surface area contributed by atoms with Crippen molar-refractivity contribution in [2.24, 2.45) is 0 Å². The Hall–Kier alpha value is -2.27. The zero-order valence-electron chi connectivity index (χ0n) is 11.3. The van der Waals surface area contributed by atoms with E-state index in [1.54, 1.807) is 18.5 Å². The van der Waals surface area contributed by atoms with Crippen LogP contribution in [0.1, 0.15) is 24.3 Å². The van der Waals surface area contributed by atoms with Gasteiger partial charge in [-0.05, 0) is 19.1 Å². The minimum Gasteiger partial charge on any atom is -0.388 e. The summed E-state index contributed by atoms with van der Waals surface area (Å²) in [5.74, 6) is 0. The number of fused-ring (bicyclic) bond motifs is 1. The largest absolute Gasteiger partial charge is 0.388 e. The van der Waals surface area contributed by atoms with Crippen LogP contribution < -0.4 is 0 Å².